The van der Waals surface area contributed by atoms with Crippen molar-refractivity contribution in [3.63, 3.8) is 0 Å². The van der Waals surface area contributed by atoms with Crippen LogP contribution in [0.15, 0.2) is 30.3 Å². The lowest BCUT2D eigenvalue weighted by Crippen LogP contribution is -2.39. The molecule has 0 bridgehead atoms. The van der Waals surface area contributed by atoms with E-state index in [2.05, 4.69) is 5.32 Å². The number of aliphatic hydroxyl groups excluding tert-OH is 1. The van der Waals surface area contributed by atoms with Gasteiger partial charge in [0.15, 0.2) is 0 Å². The van der Waals surface area contributed by atoms with E-state index in [9.17, 15) is 14.7 Å². The molecule has 0 aliphatic carbocycles. The first-order valence-corrected chi connectivity index (χ1v) is 5.95. The second kappa shape index (κ2) is 5.75. The van der Waals surface area contributed by atoms with Crippen molar-refractivity contribution in [1.82, 2.24) is 10.2 Å². The highest BCUT2D eigenvalue weighted by Crippen LogP contribution is 2.07. The van der Waals surface area contributed by atoms with Crippen molar-refractivity contribution in [3.05, 3.63) is 35.9 Å². The number of amides is 2. The average molecular weight is 248 g/mol. The molecule has 1 aromatic carbocycles. The SMILES string of the molecule is O=C(CN1CCC(O)C1)NC(=O)c1ccccc1. The van der Waals surface area contributed by atoms with E-state index in [1.807, 2.05) is 11.0 Å². The highest BCUT2D eigenvalue weighted by Gasteiger charge is 2.22. The molecule has 0 radical (unpaired) electrons. The molecule has 5 heteroatoms. The normalized spacial score (nSPS) is 19.7. The van der Waals surface area contributed by atoms with Crippen molar-refractivity contribution in [2.75, 3.05) is 19.6 Å². The van der Waals surface area contributed by atoms with Crippen LogP contribution in [0, 0.1) is 0 Å². The molecule has 1 saturated heterocycles. The summed E-state index contributed by atoms with van der Waals surface area (Å²) in [7, 11) is 0. The van der Waals surface area contributed by atoms with E-state index in [0.717, 1.165) is 0 Å². The van der Waals surface area contributed by atoms with Gasteiger partial charge in [-0.15, -0.1) is 0 Å². The van der Waals surface area contributed by atoms with Gasteiger partial charge in [0, 0.05) is 18.7 Å². The van der Waals surface area contributed by atoms with Gasteiger partial charge in [0.2, 0.25) is 5.91 Å². The third-order valence-corrected chi connectivity index (χ3v) is 2.90. The second-order valence-corrected chi connectivity index (χ2v) is 4.42. The van der Waals surface area contributed by atoms with Gasteiger partial charge in [-0.05, 0) is 18.6 Å². The summed E-state index contributed by atoms with van der Waals surface area (Å²) < 4.78 is 0. The van der Waals surface area contributed by atoms with E-state index in [1.165, 1.54) is 0 Å². The fourth-order valence-corrected chi connectivity index (χ4v) is 1.99. The van der Waals surface area contributed by atoms with Gasteiger partial charge in [0.1, 0.15) is 0 Å². The summed E-state index contributed by atoms with van der Waals surface area (Å²) in [6.07, 6.45) is 0.322. The largest absolute Gasteiger partial charge is 0.392 e. The fourth-order valence-electron chi connectivity index (χ4n) is 1.99. The number of hydrogen-bond donors (Lipinski definition) is 2. The number of aliphatic hydroxyl groups is 1. The Labute approximate surface area is 105 Å². The number of likely N-dealkylation sites (tertiary alicyclic amines) is 1. The van der Waals surface area contributed by atoms with Crippen LogP contribution in [0.1, 0.15) is 16.8 Å². The highest BCUT2D eigenvalue weighted by atomic mass is 16.3. The molecule has 2 amide bonds. The molecule has 1 unspecified atom stereocenters. The molecular formula is C13H16N2O3. The van der Waals surface area contributed by atoms with Crippen molar-refractivity contribution < 1.29 is 14.7 Å². The predicted octanol–water partition coefficient (Wildman–Crippen LogP) is 0.00960. The Hall–Kier alpha value is -1.72. The Morgan fingerprint density at radius 2 is 2.06 bits per heavy atom. The van der Waals surface area contributed by atoms with E-state index in [0.29, 0.717) is 25.1 Å². The van der Waals surface area contributed by atoms with Gasteiger partial charge in [-0.3, -0.25) is 19.8 Å². The van der Waals surface area contributed by atoms with Gasteiger partial charge in [0.05, 0.1) is 12.6 Å². The fraction of sp³-hybridized carbons (Fsp3) is 0.385. The molecule has 1 aromatic rings. The zero-order valence-electron chi connectivity index (χ0n) is 10.0. The summed E-state index contributed by atoms with van der Waals surface area (Å²) in [6.45, 7) is 1.33. The lowest BCUT2D eigenvalue weighted by atomic mass is 10.2. The number of rotatable bonds is 3. The van der Waals surface area contributed by atoms with Crippen LogP contribution in [0.25, 0.3) is 0 Å². The van der Waals surface area contributed by atoms with Crippen LogP contribution in [0.2, 0.25) is 0 Å². The molecule has 2 N–H and O–H groups in total. The number of hydrogen-bond acceptors (Lipinski definition) is 4. The summed E-state index contributed by atoms with van der Waals surface area (Å²) >= 11 is 0. The Kier molecular flexibility index (Phi) is 4.07. The molecule has 0 aromatic heterocycles. The van der Waals surface area contributed by atoms with E-state index in [-0.39, 0.29) is 24.5 Å². The van der Waals surface area contributed by atoms with Crippen molar-refractivity contribution in [3.8, 4) is 0 Å². The molecule has 1 heterocycles. The zero-order chi connectivity index (χ0) is 13.0. The minimum atomic E-state index is -0.389. The Morgan fingerprint density at radius 1 is 1.33 bits per heavy atom. The minimum Gasteiger partial charge on any atom is -0.392 e. The lowest BCUT2D eigenvalue weighted by Gasteiger charge is -2.13. The number of β-amino-alcohol motifs (C(OH)–C–C–N with tert-alkyl or cyclic N) is 1. The molecule has 5 nitrogen and oxygen atoms in total. The van der Waals surface area contributed by atoms with E-state index in [4.69, 9.17) is 0 Å². The van der Waals surface area contributed by atoms with Crippen LogP contribution >= 0.6 is 0 Å². The summed E-state index contributed by atoms with van der Waals surface area (Å²) in [5.74, 6) is -0.724. The maximum absolute atomic E-state index is 11.7. The first-order valence-electron chi connectivity index (χ1n) is 5.95. The smallest absolute Gasteiger partial charge is 0.257 e. The topological polar surface area (TPSA) is 69.6 Å². The number of carbonyl (C=O) groups excluding carboxylic acids is 2. The molecule has 1 aliphatic rings. The van der Waals surface area contributed by atoms with Crippen molar-refractivity contribution >= 4 is 11.8 Å². The first kappa shape index (κ1) is 12.7. The number of nitrogens with zero attached hydrogens (tertiary/aromatic N) is 1. The molecule has 1 atom stereocenters. The van der Waals surface area contributed by atoms with Crippen molar-refractivity contribution in [2.24, 2.45) is 0 Å². The predicted molar refractivity (Wildman–Crippen MR) is 66.0 cm³/mol. The van der Waals surface area contributed by atoms with Gasteiger partial charge in [-0.25, -0.2) is 0 Å². The van der Waals surface area contributed by atoms with E-state index in [1.54, 1.807) is 24.3 Å². The van der Waals surface area contributed by atoms with E-state index < -0.39 is 0 Å². The Bertz CT molecular complexity index is 433. The number of benzene rings is 1. The number of nitrogens with one attached hydrogen (secondary N) is 1. The summed E-state index contributed by atoms with van der Waals surface area (Å²) in [4.78, 5) is 25.2. The second-order valence-electron chi connectivity index (χ2n) is 4.42. The van der Waals surface area contributed by atoms with Gasteiger partial charge >= 0.3 is 0 Å². The van der Waals surface area contributed by atoms with Crippen molar-refractivity contribution in [1.29, 1.82) is 0 Å². The minimum absolute atomic E-state index is 0.148. The average Bonchev–Trinajstić information content (AvgIpc) is 2.75. The Balaban J connectivity index is 1.83. The van der Waals surface area contributed by atoms with Crippen LogP contribution in [0.4, 0.5) is 0 Å². The van der Waals surface area contributed by atoms with Crippen LogP contribution in [0.3, 0.4) is 0 Å². The molecule has 0 spiro atoms. The zero-order valence-corrected chi connectivity index (χ0v) is 10.0. The summed E-state index contributed by atoms with van der Waals surface area (Å²) in [5, 5.41) is 11.7. The van der Waals surface area contributed by atoms with Crippen LogP contribution in [0.5, 0.6) is 0 Å². The molecule has 0 saturated carbocycles. The van der Waals surface area contributed by atoms with Crippen LogP contribution < -0.4 is 5.32 Å². The third kappa shape index (κ3) is 3.38. The van der Waals surface area contributed by atoms with E-state index >= 15 is 0 Å². The first-order chi connectivity index (χ1) is 8.65. The van der Waals surface area contributed by atoms with Crippen LogP contribution in [-0.4, -0.2) is 47.6 Å². The van der Waals surface area contributed by atoms with Gasteiger partial charge in [-0.1, -0.05) is 18.2 Å². The van der Waals surface area contributed by atoms with Crippen LogP contribution in [-0.2, 0) is 4.79 Å². The molecular weight excluding hydrogens is 232 g/mol. The Morgan fingerprint density at radius 3 is 2.67 bits per heavy atom. The van der Waals surface area contributed by atoms with Crippen molar-refractivity contribution in [2.45, 2.75) is 12.5 Å². The number of imide groups is 1. The maximum atomic E-state index is 11.7. The van der Waals surface area contributed by atoms with Gasteiger partial charge in [0.25, 0.3) is 5.91 Å². The number of carbonyl (C=O) groups is 2. The molecule has 2 rings (SSSR count). The maximum Gasteiger partial charge on any atom is 0.257 e. The summed E-state index contributed by atoms with van der Waals surface area (Å²) in [6, 6.07) is 8.61. The molecule has 96 valence electrons. The standard InChI is InChI=1S/C13H16N2O3/c16-11-6-7-15(8-11)9-12(17)14-13(18)10-4-2-1-3-5-10/h1-5,11,16H,6-9H2,(H,14,17,18). The summed E-state index contributed by atoms with van der Waals surface area (Å²) in [5.41, 5.74) is 0.465. The quantitative estimate of drug-likeness (QED) is 0.790. The van der Waals surface area contributed by atoms with Gasteiger partial charge in [-0.2, -0.15) is 0 Å². The highest BCUT2D eigenvalue weighted by molar-refractivity contribution is 6.05. The molecule has 1 fully saturated rings. The molecule has 1 aliphatic heterocycles. The monoisotopic (exact) mass is 248 g/mol. The molecule has 18 heavy (non-hydrogen) atoms. The lowest BCUT2D eigenvalue weighted by molar-refractivity contribution is -0.121. The van der Waals surface area contributed by atoms with Gasteiger partial charge < -0.3 is 5.11 Å². The third-order valence-electron chi connectivity index (χ3n) is 2.90.